The van der Waals surface area contributed by atoms with Gasteiger partial charge in [0.2, 0.25) is 0 Å². The molecule has 0 spiro atoms. The zero-order valence-corrected chi connectivity index (χ0v) is 9.63. The zero-order chi connectivity index (χ0) is 9.84. The molecular weight excluding hydrogens is 304 g/mol. The Morgan fingerprint density at radius 2 is 1.85 bits per heavy atom. The molecule has 70 valence electrons. The molecule has 0 heterocycles. The molecule has 1 aromatic carbocycles. The van der Waals surface area contributed by atoms with Crippen molar-refractivity contribution in [1.29, 1.82) is 0 Å². The Balaban J connectivity index is 2.71. The van der Waals surface area contributed by atoms with E-state index in [2.05, 4.69) is 31.9 Å². The van der Waals surface area contributed by atoms with E-state index >= 15 is 0 Å². The van der Waals surface area contributed by atoms with E-state index in [1.54, 1.807) is 12.1 Å². The van der Waals surface area contributed by atoms with E-state index in [0.29, 0.717) is 5.75 Å². The minimum Gasteiger partial charge on any atom is -0.482 e. The van der Waals surface area contributed by atoms with Gasteiger partial charge in [-0.3, -0.25) is 0 Å². The number of benzene rings is 1. The molecule has 0 fully saturated rings. The first kappa shape index (κ1) is 10.5. The van der Waals surface area contributed by atoms with Gasteiger partial charge in [0.1, 0.15) is 5.75 Å². The smallest absolute Gasteiger partial charge is 0.341 e. The number of aliphatic carboxylic acids is 1. The molecule has 0 bridgehead atoms. The Kier molecular flexibility index (Phi) is 3.74. The topological polar surface area (TPSA) is 46.5 Å². The van der Waals surface area contributed by atoms with E-state index in [0.717, 1.165) is 8.95 Å². The van der Waals surface area contributed by atoms with Crippen LogP contribution in [0.5, 0.6) is 5.75 Å². The van der Waals surface area contributed by atoms with Crippen LogP contribution in [0.3, 0.4) is 0 Å². The minimum absolute atomic E-state index is 0.330. The number of rotatable bonds is 3. The molecule has 0 aliphatic carbocycles. The second kappa shape index (κ2) is 4.62. The number of halogens is 2. The lowest BCUT2D eigenvalue weighted by atomic mass is 10.3. The van der Waals surface area contributed by atoms with Gasteiger partial charge in [-0.05, 0) is 18.2 Å². The number of carboxylic acid groups (broad SMARTS) is 1. The van der Waals surface area contributed by atoms with E-state index in [1.807, 2.05) is 6.07 Å². The second-order valence-corrected chi connectivity index (χ2v) is 4.12. The number of carboxylic acids is 1. The normalized spacial score (nSPS) is 9.69. The van der Waals surface area contributed by atoms with Crippen LogP contribution in [0.1, 0.15) is 0 Å². The van der Waals surface area contributed by atoms with E-state index in [1.165, 1.54) is 0 Å². The van der Waals surface area contributed by atoms with Crippen molar-refractivity contribution in [1.82, 2.24) is 0 Å². The van der Waals surface area contributed by atoms with Gasteiger partial charge in [0.15, 0.2) is 6.61 Å². The fourth-order valence-electron chi connectivity index (χ4n) is 0.757. The molecule has 0 aliphatic heterocycles. The Hall–Kier alpha value is -0.550. The summed E-state index contributed by atoms with van der Waals surface area (Å²) in [6, 6.07) is 5.25. The van der Waals surface area contributed by atoms with Gasteiger partial charge in [-0.2, -0.15) is 0 Å². The summed E-state index contributed by atoms with van der Waals surface area (Å²) in [4.78, 5) is 10.2. The number of ether oxygens (including phenoxy) is 1. The van der Waals surface area contributed by atoms with E-state index in [-0.39, 0.29) is 6.61 Å². The van der Waals surface area contributed by atoms with Gasteiger partial charge in [-0.1, -0.05) is 31.9 Å². The van der Waals surface area contributed by atoms with Gasteiger partial charge < -0.3 is 9.84 Å². The highest BCUT2D eigenvalue weighted by molar-refractivity contribution is 9.11. The third-order valence-corrected chi connectivity index (χ3v) is 2.11. The predicted molar refractivity (Wildman–Crippen MR) is 55.0 cm³/mol. The van der Waals surface area contributed by atoms with Gasteiger partial charge in [-0.15, -0.1) is 0 Å². The molecule has 3 nitrogen and oxygen atoms in total. The fraction of sp³-hybridized carbons (Fsp3) is 0.125. The molecule has 0 amide bonds. The maximum Gasteiger partial charge on any atom is 0.341 e. The van der Waals surface area contributed by atoms with Crippen molar-refractivity contribution >= 4 is 37.8 Å². The minimum atomic E-state index is -0.990. The van der Waals surface area contributed by atoms with Crippen LogP contribution in [0.2, 0.25) is 0 Å². The Labute approximate surface area is 92.0 Å². The van der Waals surface area contributed by atoms with Crippen LogP contribution in [0.4, 0.5) is 0 Å². The molecule has 13 heavy (non-hydrogen) atoms. The molecule has 0 aliphatic rings. The number of hydrogen-bond acceptors (Lipinski definition) is 2. The van der Waals surface area contributed by atoms with E-state index < -0.39 is 5.97 Å². The van der Waals surface area contributed by atoms with E-state index in [9.17, 15) is 4.79 Å². The van der Waals surface area contributed by atoms with Crippen LogP contribution in [0.25, 0.3) is 0 Å². The van der Waals surface area contributed by atoms with Crippen LogP contribution in [0.15, 0.2) is 27.1 Å². The van der Waals surface area contributed by atoms with Gasteiger partial charge in [0.25, 0.3) is 0 Å². The van der Waals surface area contributed by atoms with E-state index in [4.69, 9.17) is 9.84 Å². The van der Waals surface area contributed by atoms with Crippen molar-refractivity contribution < 1.29 is 14.6 Å². The molecule has 1 N–H and O–H groups in total. The molecule has 5 heteroatoms. The molecule has 1 aromatic rings. The molecule has 0 saturated heterocycles. The first-order valence-corrected chi connectivity index (χ1v) is 4.97. The summed E-state index contributed by atoms with van der Waals surface area (Å²) >= 11 is 6.53. The van der Waals surface area contributed by atoms with Crippen LogP contribution in [-0.4, -0.2) is 17.7 Å². The summed E-state index contributed by atoms with van der Waals surface area (Å²) in [5, 5.41) is 8.36. The molecule has 0 atom stereocenters. The Morgan fingerprint density at radius 3 is 2.31 bits per heavy atom. The Bertz CT molecular complexity index is 305. The molecule has 0 saturated carbocycles. The molecule has 1 rings (SSSR count). The van der Waals surface area contributed by atoms with Crippen molar-refractivity contribution in [3.8, 4) is 5.75 Å². The summed E-state index contributed by atoms with van der Waals surface area (Å²) in [6.07, 6.45) is 0. The monoisotopic (exact) mass is 308 g/mol. The molecule has 0 aromatic heterocycles. The van der Waals surface area contributed by atoms with Crippen molar-refractivity contribution in [2.45, 2.75) is 0 Å². The lowest BCUT2D eigenvalue weighted by molar-refractivity contribution is -0.139. The molecular formula is C8H6Br2O3. The summed E-state index contributed by atoms with van der Waals surface area (Å²) in [7, 11) is 0. The van der Waals surface area contributed by atoms with Crippen LogP contribution in [0, 0.1) is 0 Å². The maximum absolute atomic E-state index is 10.2. The largest absolute Gasteiger partial charge is 0.482 e. The zero-order valence-electron chi connectivity index (χ0n) is 6.46. The van der Waals surface area contributed by atoms with Crippen molar-refractivity contribution in [3.63, 3.8) is 0 Å². The number of carbonyl (C=O) groups is 1. The van der Waals surface area contributed by atoms with Crippen molar-refractivity contribution in [3.05, 3.63) is 27.1 Å². The summed E-state index contributed by atoms with van der Waals surface area (Å²) < 4.78 is 6.64. The predicted octanol–water partition coefficient (Wildman–Crippen LogP) is 2.68. The standard InChI is InChI=1S/C8H6Br2O3/c9-5-1-6(10)3-7(2-5)13-4-8(11)12/h1-3H,4H2,(H,11,12). The average molecular weight is 310 g/mol. The summed E-state index contributed by atoms with van der Waals surface area (Å²) in [5.74, 6) is -0.472. The van der Waals surface area contributed by atoms with Crippen LogP contribution >= 0.6 is 31.9 Å². The maximum atomic E-state index is 10.2. The third kappa shape index (κ3) is 3.78. The summed E-state index contributed by atoms with van der Waals surface area (Å²) in [6.45, 7) is -0.330. The lowest BCUT2D eigenvalue weighted by Crippen LogP contribution is -2.09. The lowest BCUT2D eigenvalue weighted by Gasteiger charge is -2.03. The quantitative estimate of drug-likeness (QED) is 0.934. The second-order valence-electron chi connectivity index (χ2n) is 2.29. The van der Waals surface area contributed by atoms with Crippen molar-refractivity contribution in [2.75, 3.05) is 6.61 Å². The van der Waals surface area contributed by atoms with Gasteiger partial charge in [0, 0.05) is 8.95 Å². The van der Waals surface area contributed by atoms with Crippen molar-refractivity contribution in [2.24, 2.45) is 0 Å². The van der Waals surface area contributed by atoms with Gasteiger partial charge in [-0.25, -0.2) is 4.79 Å². The van der Waals surface area contributed by atoms with Gasteiger partial charge in [0.05, 0.1) is 0 Å². The highest BCUT2D eigenvalue weighted by Gasteiger charge is 2.01. The third-order valence-electron chi connectivity index (χ3n) is 1.20. The molecule has 0 radical (unpaired) electrons. The summed E-state index contributed by atoms with van der Waals surface area (Å²) in [5.41, 5.74) is 0. The SMILES string of the molecule is O=C(O)COc1cc(Br)cc(Br)c1. The van der Waals surface area contributed by atoms with Gasteiger partial charge >= 0.3 is 5.97 Å². The van der Waals surface area contributed by atoms with Crippen LogP contribution < -0.4 is 4.74 Å². The highest BCUT2D eigenvalue weighted by Crippen LogP contribution is 2.24. The first-order chi connectivity index (χ1) is 6.08. The Morgan fingerprint density at radius 1 is 1.31 bits per heavy atom. The first-order valence-electron chi connectivity index (χ1n) is 3.38. The average Bonchev–Trinajstić information content (AvgIpc) is 1.99. The molecule has 0 unspecified atom stereocenters. The number of hydrogen-bond donors (Lipinski definition) is 1. The highest BCUT2D eigenvalue weighted by atomic mass is 79.9. The fourth-order valence-corrected chi connectivity index (χ4v) is 2.01. The van der Waals surface area contributed by atoms with Crippen LogP contribution in [-0.2, 0) is 4.79 Å².